The van der Waals surface area contributed by atoms with Gasteiger partial charge in [0.15, 0.2) is 0 Å². The van der Waals surface area contributed by atoms with E-state index < -0.39 is 0 Å². The maximum absolute atomic E-state index is 12.0. The number of benzene rings is 1. The molecule has 7 heteroatoms. The van der Waals surface area contributed by atoms with E-state index in [1.54, 1.807) is 17.7 Å². The summed E-state index contributed by atoms with van der Waals surface area (Å²) in [4.78, 5) is 12.0. The molecule has 0 aliphatic heterocycles. The maximum Gasteiger partial charge on any atom is 0.274 e. The van der Waals surface area contributed by atoms with Gasteiger partial charge in [0, 0.05) is 0 Å². The van der Waals surface area contributed by atoms with Crippen LogP contribution in [0.1, 0.15) is 27.4 Å². The first-order chi connectivity index (χ1) is 11.6. The summed E-state index contributed by atoms with van der Waals surface area (Å²) in [6.07, 6.45) is 2.94. The van der Waals surface area contributed by atoms with Crippen molar-refractivity contribution in [1.29, 1.82) is 0 Å². The minimum Gasteiger partial charge on any atom is -0.469 e. The molecule has 0 saturated heterocycles. The van der Waals surface area contributed by atoms with Crippen LogP contribution < -0.4 is 5.43 Å². The van der Waals surface area contributed by atoms with E-state index in [4.69, 9.17) is 16.0 Å². The molecular formula is C17H15ClN4O2. The third-order valence-corrected chi connectivity index (χ3v) is 3.88. The van der Waals surface area contributed by atoms with Crippen molar-refractivity contribution < 1.29 is 9.21 Å². The largest absolute Gasteiger partial charge is 0.469 e. The molecule has 1 N–H and O–H groups in total. The number of nitrogens with zero attached hydrogens (tertiary/aromatic N) is 3. The normalized spacial score (nSPS) is 11.1. The topological polar surface area (TPSA) is 72.4 Å². The maximum atomic E-state index is 12.0. The number of carbonyl (C=O) groups is 1. The number of hydrogen-bond donors (Lipinski definition) is 1. The highest BCUT2D eigenvalue weighted by Gasteiger charge is 2.14. The molecule has 2 aromatic heterocycles. The van der Waals surface area contributed by atoms with Gasteiger partial charge in [-0.25, -0.2) is 10.1 Å². The van der Waals surface area contributed by atoms with Gasteiger partial charge in [0.05, 0.1) is 35.0 Å². The Hall–Kier alpha value is -2.86. The molecule has 1 aromatic carbocycles. The van der Waals surface area contributed by atoms with Gasteiger partial charge in [-0.1, -0.05) is 29.8 Å². The number of hydrogen-bond acceptors (Lipinski definition) is 4. The Kier molecular flexibility index (Phi) is 4.48. The Morgan fingerprint density at radius 3 is 2.71 bits per heavy atom. The Morgan fingerprint density at radius 2 is 2.04 bits per heavy atom. The number of carbonyl (C=O) groups excluding carboxylic acids is 1. The average molecular weight is 343 g/mol. The first-order valence-electron chi connectivity index (χ1n) is 7.26. The molecule has 122 valence electrons. The van der Waals surface area contributed by atoms with Crippen molar-refractivity contribution in [2.24, 2.45) is 5.10 Å². The van der Waals surface area contributed by atoms with E-state index in [1.807, 2.05) is 37.3 Å². The lowest BCUT2D eigenvalue weighted by Gasteiger charge is -2.01. The number of halogens is 1. The second kappa shape index (κ2) is 6.72. The van der Waals surface area contributed by atoms with Gasteiger partial charge in [0.2, 0.25) is 0 Å². The Balaban J connectivity index is 1.80. The highest BCUT2D eigenvalue weighted by atomic mass is 35.5. The van der Waals surface area contributed by atoms with Crippen molar-refractivity contribution in [3.05, 3.63) is 70.4 Å². The Morgan fingerprint density at radius 1 is 1.29 bits per heavy atom. The van der Waals surface area contributed by atoms with Crippen molar-refractivity contribution in [1.82, 2.24) is 15.2 Å². The van der Waals surface area contributed by atoms with Crippen LogP contribution in [-0.4, -0.2) is 21.9 Å². The van der Waals surface area contributed by atoms with Gasteiger partial charge < -0.3 is 4.42 Å². The zero-order chi connectivity index (χ0) is 17.1. The summed E-state index contributed by atoms with van der Waals surface area (Å²) in [5.41, 5.74) is 5.10. The zero-order valence-corrected chi connectivity index (χ0v) is 13.9. The van der Waals surface area contributed by atoms with Gasteiger partial charge in [-0.2, -0.15) is 10.2 Å². The van der Waals surface area contributed by atoms with Gasteiger partial charge in [-0.15, -0.1) is 0 Å². The molecule has 1 amide bonds. The fourth-order valence-corrected chi connectivity index (χ4v) is 2.56. The van der Waals surface area contributed by atoms with Crippen molar-refractivity contribution in [3.8, 4) is 5.69 Å². The summed E-state index contributed by atoms with van der Waals surface area (Å²) < 4.78 is 6.72. The van der Waals surface area contributed by atoms with Gasteiger partial charge in [0.25, 0.3) is 5.91 Å². The molecule has 0 saturated carbocycles. The van der Waals surface area contributed by atoms with E-state index in [9.17, 15) is 4.79 Å². The first-order valence-corrected chi connectivity index (χ1v) is 7.63. The molecule has 0 atom stereocenters. The average Bonchev–Trinajstić information content (AvgIpc) is 3.13. The molecule has 6 nitrogen and oxygen atoms in total. The lowest BCUT2D eigenvalue weighted by atomic mass is 10.2. The van der Waals surface area contributed by atoms with Crippen LogP contribution in [0.3, 0.4) is 0 Å². The van der Waals surface area contributed by atoms with Gasteiger partial charge in [-0.05, 0) is 32.0 Å². The number of para-hydroxylation sites is 1. The fourth-order valence-electron chi connectivity index (χ4n) is 2.23. The number of hydrazone groups is 1. The number of nitrogens with one attached hydrogen (secondary N) is 1. The van der Waals surface area contributed by atoms with E-state index in [-0.39, 0.29) is 5.91 Å². The lowest BCUT2D eigenvalue weighted by molar-refractivity contribution is 0.0953. The molecule has 24 heavy (non-hydrogen) atoms. The molecular weight excluding hydrogens is 328 g/mol. The molecule has 0 radical (unpaired) electrons. The second-order valence-corrected chi connectivity index (χ2v) is 5.48. The second-order valence-electron chi connectivity index (χ2n) is 5.13. The number of aryl methyl sites for hydroxylation is 2. The van der Waals surface area contributed by atoms with Crippen molar-refractivity contribution >= 4 is 23.7 Å². The van der Waals surface area contributed by atoms with Crippen molar-refractivity contribution in [2.75, 3.05) is 0 Å². The van der Waals surface area contributed by atoms with Crippen molar-refractivity contribution in [2.45, 2.75) is 13.8 Å². The third-order valence-electron chi connectivity index (χ3n) is 3.51. The minimum atomic E-state index is -0.346. The van der Waals surface area contributed by atoms with E-state index in [1.165, 1.54) is 12.5 Å². The third kappa shape index (κ3) is 3.09. The van der Waals surface area contributed by atoms with Crippen LogP contribution in [0.5, 0.6) is 0 Å². The molecule has 0 aliphatic carbocycles. The number of amides is 1. The summed E-state index contributed by atoms with van der Waals surface area (Å²) in [7, 11) is 0. The molecule has 0 aliphatic rings. The summed E-state index contributed by atoms with van der Waals surface area (Å²) in [6, 6.07) is 11.1. The van der Waals surface area contributed by atoms with Gasteiger partial charge in [-0.3, -0.25) is 4.79 Å². The van der Waals surface area contributed by atoms with Crippen LogP contribution in [-0.2, 0) is 0 Å². The summed E-state index contributed by atoms with van der Waals surface area (Å²) in [6.45, 7) is 3.54. The highest BCUT2D eigenvalue weighted by Crippen LogP contribution is 2.21. The standard InChI is InChI=1S/C17H15ClN4O2/c1-11-15(10-19-20-17(23)14-8-9-24-12(14)2)16(18)22(21-11)13-6-4-3-5-7-13/h3-10H,1-2H3,(H,20,23). The number of aromatic nitrogens is 2. The van der Waals surface area contributed by atoms with E-state index in [0.29, 0.717) is 27.7 Å². The number of furan rings is 1. The van der Waals surface area contributed by atoms with E-state index >= 15 is 0 Å². The number of rotatable bonds is 4. The summed E-state index contributed by atoms with van der Waals surface area (Å²) in [5, 5.41) is 8.80. The quantitative estimate of drug-likeness (QED) is 0.582. The van der Waals surface area contributed by atoms with Gasteiger partial charge in [0.1, 0.15) is 10.9 Å². The smallest absolute Gasteiger partial charge is 0.274 e. The highest BCUT2D eigenvalue weighted by molar-refractivity contribution is 6.32. The van der Waals surface area contributed by atoms with Crippen LogP contribution in [0, 0.1) is 13.8 Å². The molecule has 0 unspecified atom stereocenters. The fraction of sp³-hybridized carbons (Fsp3) is 0.118. The molecule has 0 spiro atoms. The summed E-state index contributed by atoms with van der Waals surface area (Å²) in [5.74, 6) is 0.190. The summed E-state index contributed by atoms with van der Waals surface area (Å²) >= 11 is 6.39. The van der Waals surface area contributed by atoms with Gasteiger partial charge >= 0.3 is 0 Å². The SMILES string of the molecule is Cc1nn(-c2ccccc2)c(Cl)c1C=NNC(=O)c1ccoc1C. The molecule has 2 heterocycles. The zero-order valence-electron chi connectivity index (χ0n) is 13.2. The predicted octanol–water partition coefficient (Wildman–Crippen LogP) is 3.50. The van der Waals surface area contributed by atoms with Crippen LogP contribution in [0.25, 0.3) is 5.69 Å². The molecule has 3 aromatic rings. The van der Waals surface area contributed by atoms with Crippen LogP contribution in [0.2, 0.25) is 5.15 Å². The molecule has 3 rings (SSSR count). The van der Waals surface area contributed by atoms with Crippen LogP contribution >= 0.6 is 11.6 Å². The predicted molar refractivity (Wildman–Crippen MR) is 91.8 cm³/mol. The monoisotopic (exact) mass is 342 g/mol. The van der Waals surface area contributed by atoms with Crippen molar-refractivity contribution in [3.63, 3.8) is 0 Å². The Bertz CT molecular complexity index is 897. The van der Waals surface area contributed by atoms with E-state index in [2.05, 4.69) is 15.6 Å². The lowest BCUT2D eigenvalue weighted by Crippen LogP contribution is -2.17. The molecule has 0 bridgehead atoms. The van der Waals surface area contributed by atoms with E-state index in [0.717, 1.165) is 5.69 Å². The Labute approximate surface area is 143 Å². The van der Waals surface area contributed by atoms with Crippen LogP contribution in [0.4, 0.5) is 0 Å². The molecule has 0 fully saturated rings. The first kappa shape index (κ1) is 16.0. The minimum absolute atomic E-state index is 0.346. The van der Waals surface area contributed by atoms with Crippen LogP contribution in [0.15, 0.2) is 52.2 Å².